The van der Waals surface area contributed by atoms with Crippen molar-refractivity contribution in [1.82, 2.24) is 15.0 Å². The van der Waals surface area contributed by atoms with Crippen molar-refractivity contribution < 1.29 is 18.3 Å². The van der Waals surface area contributed by atoms with Gasteiger partial charge in [-0.25, -0.2) is 19.3 Å². The van der Waals surface area contributed by atoms with Gasteiger partial charge in [-0.2, -0.15) is 4.39 Å². The van der Waals surface area contributed by atoms with Crippen LogP contribution in [0.2, 0.25) is 0 Å². The largest absolute Gasteiger partial charge is 0.489 e. The highest BCUT2D eigenvalue weighted by Gasteiger charge is 2.62. The number of pyridine rings is 1. The zero-order chi connectivity index (χ0) is 21.3. The molecule has 0 radical (unpaired) electrons. The van der Waals surface area contributed by atoms with E-state index in [1.165, 1.54) is 0 Å². The van der Waals surface area contributed by atoms with E-state index in [0.29, 0.717) is 30.7 Å². The zero-order valence-corrected chi connectivity index (χ0v) is 16.7. The maximum Gasteiger partial charge on any atom is 0.229 e. The van der Waals surface area contributed by atoms with Crippen molar-refractivity contribution in [2.45, 2.75) is 26.7 Å². The van der Waals surface area contributed by atoms with Crippen molar-refractivity contribution in [2.75, 3.05) is 11.9 Å². The summed E-state index contributed by atoms with van der Waals surface area (Å²) >= 11 is 0. The molecule has 0 aliphatic heterocycles. The topological polar surface area (TPSA) is 77.0 Å². The standard InChI is InChI=1S/C22H22F2N4O2/c1-13-18(11-25-14(2)26-13)30-12-22(15-6-4-3-5-7-15)10-17(22)21(29)28-20-9-16(23)8-19(24)27-20/h3-6,8-9,11,15,17H,7,10,12H2,1-2H3,(H,27,28,29)/t15?,17-,22+/m0/s1. The third-order valence-electron chi connectivity index (χ3n) is 5.71. The number of allylic oxidation sites excluding steroid dienone is 4. The maximum absolute atomic E-state index is 13.4. The molecular formula is C22H22F2N4O2. The summed E-state index contributed by atoms with van der Waals surface area (Å²) in [6, 6.07) is 1.66. The van der Waals surface area contributed by atoms with Gasteiger partial charge in [0.15, 0.2) is 5.75 Å². The van der Waals surface area contributed by atoms with Crippen LogP contribution in [-0.4, -0.2) is 27.5 Å². The van der Waals surface area contributed by atoms with Crippen molar-refractivity contribution in [3.05, 3.63) is 65.9 Å². The molecule has 8 heteroatoms. The van der Waals surface area contributed by atoms with Crippen LogP contribution in [0.25, 0.3) is 0 Å². The van der Waals surface area contributed by atoms with E-state index in [1.54, 1.807) is 6.20 Å². The smallest absolute Gasteiger partial charge is 0.229 e. The lowest BCUT2D eigenvalue weighted by Gasteiger charge is -2.26. The Kier molecular flexibility index (Phi) is 5.32. The third-order valence-corrected chi connectivity index (χ3v) is 5.71. The summed E-state index contributed by atoms with van der Waals surface area (Å²) in [5.41, 5.74) is 0.312. The molecule has 1 unspecified atom stereocenters. The lowest BCUT2D eigenvalue weighted by atomic mass is 9.82. The number of ether oxygens (including phenoxy) is 1. The van der Waals surface area contributed by atoms with Gasteiger partial charge in [0, 0.05) is 23.5 Å². The summed E-state index contributed by atoms with van der Waals surface area (Å²) in [6.45, 7) is 3.97. The minimum Gasteiger partial charge on any atom is -0.489 e. The summed E-state index contributed by atoms with van der Waals surface area (Å²) in [5.74, 6) is -1.24. The average Bonchev–Trinajstić information content (AvgIpc) is 3.43. The third kappa shape index (κ3) is 4.08. The fourth-order valence-corrected chi connectivity index (χ4v) is 4.03. The monoisotopic (exact) mass is 412 g/mol. The second kappa shape index (κ2) is 7.93. The van der Waals surface area contributed by atoms with Crippen molar-refractivity contribution >= 4 is 11.7 Å². The van der Waals surface area contributed by atoms with Crippen LogP contribution in [0, 0.1) is 42.9 Å². The number of carbonyl (C=O) groups excluding carboxylic acids is 1. The van der Waals surface area contributed by atoms with E-state index < -0.39 is 17.2 Å². The number of nitrogens with one attached hydrogen (secondary N) is 1. The minimum absolute atomic E-state index is 0.113. The van der Waals surface area contributed by atoms with Gasteiger partial charge in [-0.15, -0.1) is 0 Å². The van der Waals surface area contributed by atoms with E-state index in [2.05, 4.69) is 32.4 Å². The predicted molar refractivity (Wildman–Crippen MR) is 107 cm³/mol. The molecular weight excluding hydrogens is 390 g/mol. The van der Waals surface area contributed by atoms with Crippen LogP contribution >= 0.6 is 0 Å². The maximum atomic E-state index is 13.4. The Morgan fingerprint density at radius 2 is 2.10 bits per heavy atom. The molecule has 6 nitrogen and oxygen atoms in total. The SMILES string of the molecule is Cc1ncc(OC[C@@]2(C3C=CC=CC3)C[C@H]2C(=O)Nc2cc(F)cc(F)n2)c(C)n1. The highest BCUT2D eigenvalue weighted by atomic mass is 19.1. The Labute approximate surface area is 173 Å². The first-order valence-corrected chi connectivity index (χ1v) is 9.78. The van der Waals surface area contributed by atoms with Gasteiger partial charge in [0.1, 0.15) is 17.5 Å². The fourth-order valence-electron chi connectivity index (χ4n) is 4.03. The molecule has 1 N–H and O–H groups in total. The predicted octanol–water partition coefficient (Wildman–Crippen LogP) is 3.92. The van der Waals surface area contributed by atoms with Gasteiger partial charge in [-0.3, -0.25) is 4.79 Å². The van der Waals surface area contributed by atoms with Crippen LogP contribution in [0.4, 0.5) is 14.6 Å². The first kappa shape index (κ1) is 20.1. The van der Waals surface area contributed by atoms with E-state index in [1.807, 2.05) is 26.0 Å². The quantitative estimate of drug-likeness (QED) is 0.728. The van der Waals surface area contributed by atoms with Crippen molar-refractivity contribution in [1.29, 1.82) is 0 Å². The number of carbonyl (C=O) groups is 1. The summed E-state index contributed by atoms with van der Waals surface area (Å²) in [5, 5.41) is 2.54. The number of aromatic nitrogens is 3. The van der Waals surface area contributed by atoms with Gasteiger partial charge in [-0.1, -0.05) is 24.3 Å². The molecule has 2 aliphatic carbocycles. The summed E-state index contributed by atoms with van der Waals surface area (Å²) < 4.78 is 32.8. The molecule has 2 aromatic rings. The first-order chi connectivity index (χ1) is 14.4. The summed E-state index contributed by atoms with van der Waals surface area (Å²) in [4.78, 5) is 24.9. The van der Waals surface area contributed by atoms with Crippen LogP contribution in [0.1, 0.15) is 24.4 Å². The second-order valence-corrected chi connectivity index (χ2v) is 7.78. The number of rotatable bonds is 6. The lowest BCUT2D eigenvalue weighted by Crippen LogP contribution is -2.29. The van der Waals surface area contributed by atoms with E-state index in [9.17, 15) is 13.6 Å². The Balaban J connectivity index is 1.51. The number of hydrogen-bond donors (Lipinski definition) is 1. The van der Waals surface area contributed by atoms with Gasteiger partial charge in [0.25, 0.3) is 0 Å². The van der Waals surface area contributed by atoms with E-state index in [0.717, 1.165) is 18.2 Å². The molecule has 0 saturated heterocycles. The molecule has 1 saturated carbocycles. The van der Waals surface area contributed by atoms with E-state index in [4.69, 9.17) is 4.74 Å². The van der Waals surface area contributed by atoms with Crippen LogP contribution < -0.4 is 10.1 Å². The van der Waals surface area contributed by atoms with Crippen molar-refractivity contribution in [3.63, 3.8) is 0 Å². The van der Waals surface area contributed by atoms with Gasteiger partial charge in [0.05, 0.1) is 18.5 Å². The van der Waals surface area contributed by atoms with Gasteiger partial charge >= 0.3 is 0 Å². The zero-order valence-electron chi connectivity index (χ0n) is 16.7. The molecule has 2 aliphatic rings. The van der Waals surface area contributed by atoms with E-state index >= 15 is 0 Å². The Morgan fingerprint density at radius 3 is 2.80 bits per heavy atom. The first-order valence-electron chi connectivity index (χ1n) is 9.78. The molecule has 0 bridgehead atoms. The van der Waals surface area contributed by atoms with Crippen LogP contribution in [0.3, 0.4) is 0 Å². The van der Waals surface area contributed by atoms with Crippen LogP contribution in [0.5, 0.6) is 5.75 Å². The van der Waals surface area contributed by atoms with Gasteiger partial charge in [-0.05, 0) is 32.6 Å². The Bertz CT molecular complexity index is 1020. The van der Waals surface area contributed by atoms with E-state index in [-0.39, 0.29) is 23.6 Å². The Hall–Kier alpha value is -3.16. The minimum atomic E-state index is -0.981. The summed E-state index contributed by atoms with van der Waals surface area (Å²) in [7, 11) is 0. The lowest BCUT2D eigenvalue weighted by molar-refractivity contribution is -0.118. The van der Waals surface area contributed by atoms with Crippen molar-refractivity contribution in [2.24, 2.45) is 17.3 Å². The number of nitrogens with zero attached hydrogens (tertiary/aromatic N) is 3. The molecule has 2 aromatic heterocycles. The molecule has 30 heavy (non-hydrogen) atoms. The Morgan fingerprint density at radius 1 is 1.27 bits per heavy atom. The molecule has 1 amide bonds. The molecule has 0 spiro atoms. The highest BCUT2D eigenvalue weighted by molar-refractivity contribution is 5.94. The normalized spacial score (nSPS) is 24.5. The molecule has 4 rings (SSSR count). The fraction of sp³-hybridized carbons (Fsp3) is 0.364. The van der Waals surface area contributed by atoms with Gasteiger partial charge in [0.2, 0.25) is 11.9 Å². The van der Waals surface area contributed by atoms with Crippen LogP contribution in [-0.2, 0) is 4.79 Å². The molecule has 1 fully saturated rings. The number of halogens is 2. The number of anilines is 1. The van der Waals surface area contributed by atoms with Crippen molar-refractivity contribution in [3.8, 4) is 5.75 Å². The summed E-state index contributed by atoms with van der Waals surface area (Å²) in [6.07, 6.45) is 11.1. The molecule has 156 valence electrons. The molecule has 3 atom stereocenters. The second-order valence-electron chi connectivity index (χ2n) is 7.78. The number of hydrogen-bond acceptors (Lipinski definition) is 5. The van der Waals surface area contributed by atoms with Gasteiger partial charge < -0.3 is 10.1 Å². The number of amides is 1. The molecule has 0 aromatic carbocycles. The average molecular weight is 412 g/mol. The van der Waals surface area contributed by atoms with Crippen LogP contribution in [0.15, 0.2) is 42.6 Å². The highest BCUT2D eigenvalue weighted by Crippen LogP contribution is 2.60. The number of aryl methyl sites for hydroxylation is 2. The molecule has 2 heterocycles.